The molecule has 0 saturated carbocycles. The summed E-state index contributed by atoms with van der Waals surface area (Å²) in [6, 6.07) is 8.06. The van der Waals surface area contributed by atoms with Crippen molar-refractivity contribution in [3.05, 3.63) is 35.5 Å². The van der Waals surface area contributed by atoms with Crippen LogP contribution in [0, 0.1) is 5.92 Å². The summed E-state index contributed by atoms with van der Waals surface area (Å²) in [5.41, 5.74) is 3.48. The van der Waals surface area contributed by atoms with Crippen LogP contribution >= 0.6 is 0 Å². The number of hydrogen-bond donors (Lipinski definition) is 2. The van der Waals surface area contributed by atoms with Crippen molar-refractivity contribution in [3.8, 4) is 0 Å². The normalized spacial score (nSPS) is 17.0. The van der Waals surface area contributed by atoms with Crippen molar-refractivity contribution in [2.24, 2.45) is 5.92 Å². The van der Waals surface area contributed by atoms with Crippen molar-refractivity contribution < 1.29 is 19.1 Å². The number of benzene rings is 1. The van der Waals surface area contributed by atoms with Crippen LogP contribution < -0.4 is 5.32 Å². The minimum atomic E-state index is -0.200. The fourth-order valence-electron chi connectivity index (χ4n) is 4.44. The van der Waals surface area contributed by atoms with E-state index < -0.39 is 0 Å². The van der Waals surface area contributed by atoms with Crippen LogP contribution in [0.25, 0.3) is 10.9 Å². The van der Waals surface area contributed by atoms with Crippen LogP contribution in [-0.4, -0.2) is 66.0 Å². The van der Waals surface area contributed by atoms with Gasteiger partial charge in [-0.2, -0.15) is 0 Å². The van der Waals surface area contributed by atoms with Crippen LogP contribution in [0.2, 0.25) is 0 Å². The Kier molecular flexibility index (Phi) is 5.92. The van der Waals surface area contributed by atoms with Gasteiger partial charge in [-0.05, 0) is 30.9 Å². The van der Waals surface area contributed by atoms with E-state index in [2.05, 4.69) is 22.4 Å². The van der Waals surface area contributed by atoms with Gasteiger partial charge in [0.1, 0.15) is 0 Å². The van der Waals surface area contributed by atoms with E-state index in [1.165, 1.54) is 18.1 Å². The Hall–Kier alpha value is -3.03. The van der Waals surface area contributed by atoms with Crippen LogP contribution in [0.3, 0.4) is 0 Å². The largest absolute Gasteiger partial charge is 0.469 e. The second-order valence-corrected chi connectivity index (χ2v) is 7.96. The maximum absolute atomic E-state index is 12.6. The number of H-pyrrole nitrogens is 1. The highest BCUT2D eigenvalue weighted by atomic mass is 16.5. The number of esters is 1. The van der Waals surface area contributed by atoms with E-state index >= 15 is 0 Å². The van der Waals surface area contributed by atoms with Crippen LogP contribution in [0.5, 0.6) is 0 Å². The van der Waals surface area contributed by atoms with Gasteiger partial charge in [0.05, 0.1) is 19.6 Å². The van der Waals surface area contributed by atoms with Gasteiger partial charge in [-0.1, -0.05) is 18.2 Å². The summed E-state index contributed by atoms with van der Waals surface area (Å²) in [5, 5.41) is 4.11. The molecule has 2 aliphatic rings. The quantitative estimate of drug-likeness (QED) is 0.752. The van der Waals surface area contributed by atoms with Gasteiger partial charge in [0.25, 0.3) is 0 Å². The number of nitrogens with one attached hydrogen (secondary N) is 2. The lowest BCUT2D eigenvalue weighted by molar-refractivity contribution is -0.148. The van der Waals surface area contributed by atoms with E-state index in [0.717, 1.165) is 17.6 Å². The molecule has 3 heterocycles. The molecule has 30 heavy (non-hydrogen) atoms. The summed E-state index contributed by atoms with van der Waals surface area (Å²) >= 11 is 0. The maximum atomic E-state index is 12.6. The smallest absolute Gasteiger partial charge is 0.317 e. The van der Waals surface area contributed by atoms with Crippen LogP contribution in [0.4, 0.5) is 4.79 Å². The Bertz CT molecular complexity index is 946. The van der Waals surface area contributed by atoms with E-state index in [1.807, 2.05) is 12.1 Å². The van der Waals surface area contributed by atoms with E-state index in [0.29, 0.717) is 45.6 Å². The zero-order valence-electron chi connectivity index (χ0n) is 17.3. The van der Waals surface area contributed by atoms with Crippen molar-refractivity contribution in [1.29, 1.82) is 0 Å². The first-order valence-electron chi connectivity index (χ1n) is 10.5. The van der Waals surface area contributed by atoms with Gasteiger partial charge >= 0.3 is 12.0 Å². The van der Waals surface area contributed by atoms with Crippen molar-refractivity contribution in [2.45, 2.75) is 32.2 Å². The SMILES string of the molecule is COC(=O)C1CCN(C(=O)CCNC(=O)N2CCc3c([nH]c4ccccc34)C2)CC1. The second-order valence-electron chi connectivity index (χ2n) is 7.96. The molecule has 0 atom stereocenters. The van der Waals surface area contributed by atoms with Gasteiger partial charge in [0.2, 0.25) is 5.91 Å². The first-order chi connectivity index (χ1) is 14.6. The Morgan fingerprint density at radius 1 is 1.13 bits per heavy atom. The van der Waals surface area contributed by atoms with Gasteiger partial charge < -0.3 is 24.8 Å². The molecule has 1 saturated heterocycles. The zero-order chi connectivity index (χ0) is 21.1. The molecule has 1 aromatic heterocycles. The minimum absolute atomic E-state index is 0.00941. The number of methoxy groups -OCH3 is 1. The summed E-state index contributed by atoms with van der Waals surface area (Å²) in [7, 11) is 1.39. The average Bonchev–Trinajstić information content (AvgIpc) is 3.16. The fraction of sp³-hybridized carbons (Fsp3) is 0.500. The number of rotatable bonds is 4. The topological polar surface area (TPSA) is 94.7 Å². The molecular weight excluding hydrogens is 384 g/mol. The molecule has 0 unspecified atom stereocenters. The summed E-state index contributed by atoms with van der Waals surface area (Å²) < 4.78 is 4.78. The number of aromatic nitrogens is 1. The number of nitrogens with zero attached hydrogens (tertiary/aromatic N) is 2. The number of likely N-dealkylation sites (tertiary alicyclic amines) is 1. The number of fused-ring (bicyclic) bond motifs is 3. The Morgan fingerprint density at radius 2 is 1.90 bits per heavy atom. The highest BCUT2D eigenvalue weighted by Crippen LogP contribution is 2.27. The molecule has 0 spiro atoms. The predicted octanol–water partition coefficient (Wildman–Crippen LogP) is 2.04. The molecule has 8 heteroatoms. The Morgan fingerprint density at radius 3 is 2.67 bits per heavy atom. The lowest BCUT2D eigenvalue weighted by Gasteiger charge is -2.31. The number of piperidine rings is 1. The van der Waals surface area contributed by atoms with Crippen molar-refractivity contribution >= 4 is 28.8 Å². The molecule has 2 aliphatic heterocycles. The summed E-state index contributed by atoms with van der Waals surface area (Å²) in [4.78, 5) is 43.5. The van der Waals surface area contributed by atoms with Crippen LogP contribution in [0.15, 0.2) is 24.3 Å². The third kappa shape index (κ3) is 4.13. The molecule has 8 nitrogen and oxygen atoms in total. The number of urea groups is 1. The number of hydrogen-bond acceptors (Lipinski definition) is 4. The van der Waals surface area contributed by atoms with E-state index in [9.17, 15) is 14.4 Å². The van der Waals surface area contributed by atoms with E-state index in [-0.39, 0.29) is 30.2 Å². The Balaban J connectivity index is 1.23. The number of para-hydroxylation sites is 1. The molecule has 1 fully saturated rings. The van der Waals surface area contributed by atoms with Crippen LogP contribution in [-0.2, 0) is 27.3 Å². The molecular formula is C22H28N4O4. The average molecular weight is 412 g/mol. The monoisotopic (exact) mass is 412 g/mol. The second kappa shape index (κ2) is 8.77. The maximum Gasteiger partial charge on any atom is 0.317 e. The molecule has 2 aromatic rings. The fourth-order valence-corrected chi connectivity index (χ4v) is 4.44. The standard InChI is InChI=1S/C22H28N4O4/c1-30-21(28)15-7-11-25(12-8-15)20(27)6-10-23-22(29)26-13-9-17-16-4-2-3-5-18(16)24-19(17)14-26/h2-5,15,24H,6-14H2,1H3,(H,23,29). The van der Waals surface area contributed by atoms with Gasteiger partial charge in [-0.15, -0.1) is 0 Å². The van der Waals surface area contributed by atoms with Crippen LogP contribution in [0.1, 0.15) is 30.5 Å². The van der Waals surface area contributed by atoms with E-state index in [1.54, 1.807) is 9.80 Å². The molecule has 0 aliphatic carbocycles. The number of amides is 3. The number of ether oxygens (including phenoxy) is 1. The first-order valence-corrected chi connectivity index (χ1v) is 10.5. The minimum Gasteiger partial charge on any atom is -0.469 e. The highest BCUT2D eigenvalue weighted by molar-refractivity contribution is 5.85. The van der Waals surface area contributed by atoms with Crippen molar-refractivity contribution in [1.82, 2.24) is 20.1 Å². The lowest BCUT2D eigenvalue weighted by atomic mass is 9.97. The highest BCUT2D eigenvalue weighted by Gasteiger charge is 2.28. The molecule has 160 valence electrons. The molecule has 4 rings (SSSR count). The van der Waals surface area contributed by atoms with E-state index in [4.69, 9.17) is 4.74 Å². The van der Waals surface area contributed by atoms with Crippen molar-refractivity contribution in [3.63, 3.8) is 0 Å². The molecule has 2 N–H and O–H groups in total. The third-order valence-corrected chi connectivity index (χ3v) is 6.17. The van der Waals surface area contributed by atoms with Crippen molar-refractivity contribution in [2.75, 3.05) is 33.3 Å². The first kappa shape index (κ1) is 20.3. The summed E-state index contributed by atoms with van der Waals surface area (Å²) in [5.74, 6) is -0.309. The van der Waals surface area contributed by atoms with Gasteiger partial charge in [0.15, 0.2) is 0 Å². The third-order valence-electron chi connectivity index (χ3n) is 6.17. The number of carbonyl (C=O) groups excluding carboxylic acids is 3. The Labute approximate surface area is 175 Å². The molecule has 0 bridgehead atoms. The molecule has 0 radical (unpaired) electrons. The molecule has 3 amide bonds. The molecule has 1 aromatic carbocycles. The summed E-state index contributed by atoms with van der Waals surface area (Å²) in [6.45, 7) is 2.63. The van der Waals surface area contributed by atoms with Gasteiger partial charge in [-0.25, -0.2) is 4.79 Å². The zero-order valence-corrected chi connectivity index (χ0v) is 17.3. The lowest BCUT2D eigenvalue weighted by Crippen LogP contribution is -2.45. The summed E-state index contributed by atoms with van der Waals surface area (Å²) in [6.07, 6.45) is 2.34. The number of aromatic amines is 1. The number of carbonyl (C=O) groups is 3. The predicted molar refractivity (Wildman–Crippen MR) is 112 cm³/mol. The van der Waals surface area contributed by atoms with Gasteiger partial charge in [-0.3, -0.25) is 9.59 Å². The van der Waals surface area contributed by atoms with Gasteiger partial charge in [0, 0.05) is 49.2 Å².